The van der Waals surface area contributed by atoms with Crippen LogP contribution in [0.5, 0.6) is 0 Å². The van der Waals surface area contributed by atoms with Crippen molar-refractivity contribution in [2.75, 3.05) is 26.2 Å². The van der Waals surface area contributed by atoms with Crippen molar-refractivity contribution in [2.24, 2.45) is 12.8 Å². The Labute approximate surface area is 113 Å². The summed E-state index contributed by atoms with van der Waals surface area (Å²) in [7, 11) is 1.92. The van der Waals surface area contributed by atoms with Gasteiger partial charge < -0.3 is 5.73 Å². The first-order valence-corrected chi connectivity index (χ1v) is 6.57. The molecule has 6 nitrogen and oxygen atoms in total. The van der Waals surface area contributed by atoms with E-state index in [1.165, 1.54) is 0 Å². The van der Waals surface area contributed by atoms with Gasteiger partial charge in [-0.1, -0.05) is 12.2 Å². The Balaban J connectivity index is 1.84. The number of aryl methyl sites for hydroxylation is 1. The van der Waals surface area contributed by atoms with Crippen LogP contribution in [0, 0.1) is 0 Å². The topological polar surface area (TPSA) is 63.2 Å². The number of nitrogens with zero attached hydrogens (tertiary/aromatic N) is 5. The second kappa shape index (κ2) is 5.73. The second-order valence-electron chi connectivity index (χ2n) is 4.69. The molecular weight excluding hydrogens is 248 g/mol. The standard InChI is InChI=1S/C11H20N6S/c1-9(11(12)18)17-5-3-16(4-6-17)7-10-13-8-14-15(10)2/h8-9H,3-7H2,1-2H3,(H2,12,18). The molecule has 1 saturated heterocycles. The largest absolute Gasteiger partial charge is 0.392 e. The van der Waals surface area contributed by atoms with Gasteiger partial charge in [0.15, 0.2) is 0 Å². The van der Waals surface area contributed by atoms with Crippen molar-refractivity contribution in [3.05, 3.63) is 12.2 Å². The molecule has 1 unspecified atom stereocenters. The van der Waals surface area contributed by atoms with E-state index in [0.29, 0.717) is 4.99 Å². The van der Waals surface area contributed by atoms with Crippen LogP contribution in [0.4, 0.5) is 0 Å². The predicted molar refractivity (Wildman–Crippen MR) is 74.1 cm³/mol. The zero-order valence-electron chi connectivity index (χ0n) is 10.9. The van der Waals surface area contributed by atoms with Crippen LogP contribution in [0.1, 0.15) is 12.7 Å². The van der Waals surface area contributed by atoms with Gasteiger partial charge >= 0.3 is 0 Å². The molecule has 2 N–H and O–H groups in total. The maximum Gasteiger partial charge on any atom is 0.140 e. The van der Waals surface area contributed by atoms with Gasteiger partial charge in [-0.3, -0.25) is 14.5 Å². The number of rotatable bonds is 4. The van der Waals surface area contributed by atoms with Crippen molar-refractivity contribution in [3.8, 4) is 0 Å². The van der Waals surface area contributed by atoms with Gasteiger partial charge in [0.05, 0.1) is 17.6 Å². The number of aromatic nitrogens is 3. The molecule has 1 fully saturated rings. The molecule has 1 atom stereocenters. The van der Waals surface area contributed by atoms with Gasteiger partial charge in [-0.15, -0.1) is 0 Å². The number of nitrogens with two attached hydrogens (primary N) is 1. The minimum absolute atomic E-state index is 0.192. The second-order valence-corrected chi connectivity index (χ2v) is 5.16. The fourth-order valence-corrected chi connectivity index (χ4v) is 2.30. The monoisotopic (exact) mass is 268 g/mol. The third-order valence-corrected chi connectivity index (χ3v) is 3.88. The van der Waals surface area contributed by atoms with Crippen molar-refractivity contribution in [1.29, 1.82) is 0 Å². The summed E-state index contributed by atoms with van der Waals surface area (Å²) in [5.74, 6) is 1.01. The summed E-state index contributed by atoms with van der Waals surface area (Å²) in [4.78, 5) is 9.54. The Kier molecular flexibility index (Phi) is 4.26. The summed E-state index contributed by atoms with van der Waals surface area (Å²) in [6.45, 7) is 6.94. The highest BCUT2D eigenvalue weighted by molar-refractivity contribution is 7.80. The van der Waals surface area contributed by atoms with Crippen LogP contribution in [0.25, 0.3) is 0 Å². The molecule has 1 aliphatic rings. The Morgan fingerprint density at radius 1 is 1.44 bits per heavy atom. The van der Waals surface area contributed by atoms with Crippen molar-refractivity contribution >= 4 is 17.2 Å². The fraction of sp³-hybridized carbons (Fsp3) is 0.727. The summed E-state index contributed by atoms with van der Waals surface area (Å²) >= 11 is 5.04. The maximum atomic E-state index is 5.69. The highest BCUT2D eigenvalue weighted by Crippen LogP contribution is 2.09. The molecule has 0 aliphatic carbocycles. The normalized spacial score (nSPS) is 19.9. The third kappa shape index (κ3) is 3.04. The first kappa shape index (κ1) is 13.4. The van der Waals surface area contributed by atoms with E-state index >= 15 is 0 Å². The van der Waals surface area contributed by atoms with Crippen LogP contribution in [-0.4, -0.2) is 61.8 Å². The molecular formula is C11H20N6S. The zero-order valence-corrected chi connectivity index (χ0v) is 11.7. The first-order valence-electron chi connectivity index (χ1n) is 6.16. The van der Waals surface area contributed by atoms with Crippen LogP contribution in [-0.2, 0) is 13.6 Å². The number of piperazine rings is 1. The molecule has 0 radical (unpaired) electrons. The highest BCUT2D eigenvalue weighted by atomic mass is 32.1. The van der Waals surface area contributed by atoms with Crippen LogP contribution >= 0.6 is 12.2 Å². The average molecular weight is 268 g/mol. The number of hydrogen-bond donors (Lipinski definition) is 1. The first-order chi connectivity index (χ1) is 8.58. The minimum atomic E-state index is 0.192. The Bertz CT molecular complexity index is 409. The van der Waals surface area contributed by atoms with E-state index in [-0.39, 0.29) is 6.04 Å². The lowest BCUT2D eigenvalue weighted by Gasteiger charge is -2.37. The molecule has 0 aromatic carbocycles. The van der Waals surface area contributed by atoms with E-state index in [9.17, 15) is 0 Å². The zero-order chi connectivity index (χ0) is 13.1. The van der Waals surface area contributed by atoms with Crippen LogP contribution in [0.15, 0.2) is 6.33 Å². The molecule has 2 rings (SSSR count). The molecule has 1 aliphatic heterocycles. The molecule has 0 spiro atoms. The lowest BCUT2D eigenvalue weighted by Crippen LogP contribution is -2.52. The van der Waals surface area contributed by atoms with E-state index in [1.54, 1.807) is 6.33 Å². The predicted octanol–water partition coefficient (Wildman–Crippen LogP) is -0.393. The highest BCUT2D eigenvalue weighted by Gasteiger charge is 2.22. The lowest BCUT2D eigenvalue weighted by molar-refractivity contribution is 0.115. The molecule has 0 bridgehead atoms. The molecule has 0 amide bonds. The van der Waals surface area contributed by atoms with E-state index in [0.717, 1.165) is 38.5 Å². The summed E-state index contributed by atoms with van der Waals surface area (Å²) in [5, 5.41) is 4.08. The summed E-state index contributed by atoms with van der Waals surface area (Å²) < 4.78 is 1.82. The number of thiocarbonyl (C=S) groups is 1. The SMILES string of the molecule is CC(C(N)=S)N1CCN(Cc2ncnn2C)CC1. The Morgan fingerprint density at radius 2 is 2.11 bits per heavy atom. The van der Waals surface area contributed by atoms with Gasteiger partial charge in [0.2, 0.25) is 0 Å². The number of hydrogen-bond acceptors (Lipinski definition) is 5. The Morgan fingerprint density at radius 3 is 2.61 bits per heavy atom. The molecule has 18 heavy (non-hydrogen) atoms. The molecule has 7 heteroatoms. The van der Waals surface area contributed by atoms with Crippen LogP contribution in [0.3, 0.4) is 0 Å². The van der Waals surface area contributed by atoms with Crippen LogP contribution < -0.4 is 5.73 Å². The average Bonchev–Trinajstić information content (AvgIpc) is 2.75. The molecule has 2 heterocycles. The van der Waals surface area contributed by atoms with Crippen molar-refractivity contribution in [3.63, 3.8) is 0 Å². The molecule has 0 saturated carbocycles. The van der Waals surface area contributed by atoms with Gasteiger partial charge in [-0.2, -0.15) is 5.10 Å². The summed E-state index contributed by atoms with van der Waals surface area (Å²) in [6.07, 6.45) is 1.60. The van der Waals surface area contributed by atoms with Gasteiger partial charge in [-0.05, 0) is 6.92 Å². The van der Waals surface area contributed by atoms with Gasteiger partial charge in [-0.25, -0.2) is 4.98 Å². The molecule has 100 valence electrons. The minimum Gasteiger partial charge on any atom is -0.392 e. The fourth-order valence-electron chi connectivity index (χ4n) is 2.15. The smallest absolute Gasteiger partial charge is 0.140 e. The summed E-state index contributed by atoms with van der Waals surface area (Å²) in [6, 6.07) is 0.192. The van der Waals surface area contributed by atoms with E-state index in [2.05, 4.69) is 26.8 Å². The van der Waals surface area contributed by atoms with Crippen molar-refractivity contribution < 1.29 is 0 Å². The van der Waals surface area contributed by atoms with Crippen LogP contribution in [0.2, 0.25) is 0 Å². The third-order valence-electron chi connectivity index (χ3n) is 3.54. The summed E-state index contributed by atoms with van der Waals surface area (Å²) in [5.41, 5.74) is 5.69. The van der Waals surface area contributed by atoms with E-state index in [1.807, 2.05) is 11.7 Å². The van der Waals surface area contributed by atoms with Crippen molar-refractivity contribution in [1.82, 2.24) is 24.6 Å². The molecule has 1 aromatic rings. The van der Waals surface area contributed by atoms with Gasteiger partial charge in [0, 0.05) is 33.2 Å². The Hall–Kier alpha value is -1.05. The lowest BCUT2D eigenvalue weighted by atomic mass is 10.2. The van der Waals surface area contributed by atoms with E-state index < -0.39 is 0 Å². The van der Waals surface area contributed by atoms with Gasteiger partial charge in [0.25, 0.3) is 0 Å². The van der Waals surface area contributed by atoms with Gasteiger partial charge in [0.1, 0.15) is 12.2 Å². The van der Waals surface area contributed by atoms with E-state index in [4.69, 9.17) is 18.0 Å². The van der Waals surface area contributed by atoms with Crippen molar-refractivity contribution in [2.45, 2.75) is 19.5 Å². The molecule has 1 aromatic heterocycles. The quantitative estimate of drug-likeness (QED) is 0.750. The maximum absolute atomic E-state index is 5.69.